The molecule has 0 atom stereocenters. The van der Waals surface area contributed by atoms with E-state index in [9.17, 15) is 22.4 Å². The number of carbonyl (C=O) groups excluding carboxylic acids is 1. The van der Waals surface area contributed by atoms with Crippen molar-refractivity contribution in [3.05, 3.63) is 59.1 Å². The van der Waals surface area contributed by atoms with Crippen molar-refractivity contribution < 1.29 is 31.5 Å². The molecule has 4 nitrogen and oxygen atoms in total. The lowest BCUT2D eigenvalue weighted by Crippen LogP contribution is -2.35. The Bertz CT molecular complexity index is 662. The quantitative estimate of drug-likeness (QED) is 0.603. The molecule has 0 spiro atoms. The fourth-order valence-corrected chi connectivity index (χ4v) is 1.96. The first-order valence-corrected chi connectivity index (χ1v) is 6.59. The Balaban J connectivity index is 2.37. The highest BCUT2D eigenvalue weighted by atomic mass is 19.2. The minimum absolute atomic E-state index is 0.0486. The summed E-state index contributed by atoms with van der Waals surface area (Å²) in [6, 6.07) is 3.16. The number of hydrogen-bond acceptors (Lipinski definition) is 3. The highest BCUT2D eigenvalue weighted by molar-refractivity contribution is 5.94. The second kappa shape index (κ2) is 7.28. The lowest BCUT2D eigenvalue weighted by atomic mass is 10.1. The molecule has 2 rings (SSSR count). The van der Waals surface area contributed by atoms with Gasteiger partial charge >= 0.3 is 0 Å². The summed E-state index contributed by atoms with van der Waals surface area (Å²) >= 11 is 0. The van der Waals surface area contributed by atoms with Crippen LogP contribution in [0.3, 0.4) is 0 Å². The lowest BCUT2D eigenvalue weighted by molar-refractivity contribution is 0.0654. The molecule has 0 fully saturated rings. The van der Waals surface area contributed by atoms with Crippen molar-refractivity contribution >= 4 is 5.91 Å². The summed E-state index contributed by atoms with van der Waals surface area (Å²) in [5.74, 6) is -7.63. The van der Waals surface area contributed by atoms with Gasteiger partial charge in [-0.25, -0.2) is 17.6 Å². The smallest absolute Gasteiger partial charge is 0.260 e. The Labute approximate surface area is 129 Å². The average molecular weight is 331 g/mol. The summed E-state index contributed by atoms with van der Waals surface area (Å²) in [4.78, 5) is 13.3. The van der Waals surface area contributed by atoms with Gasteiger partial charge in [0.05, 0.1) is 19.4 Å². The van der Waals surface area contributed by atoms with Crippen molar-refractivity contribution in [2.45, 2.75) is 6.54 Å². The molecule has 1 amide bonds. The van der Waals surface area contributed by atoms with E-state index < -0.39 is 34.7 Å². The van der Waals surface area contributed by atoms with Gasteiger partial charge in [0.25, 0.3) is 5.91 Å². The van der Waals surface area contributed by atoms with Gasteiger partial charge < -0.3 is 14.1 Å². The van der Waals surface area contributed by atoms with Crippen molar-refractivity contribution in [2.24, 2.45) is 0 Å². The Kier molecular flexibility index (Phi) is 5.38. The predicted molar refractivity (Wildman–Crippen MR) is 71.6 cm³/mol. The highest BCUT2D eigenvalue weighted by Crippen LogP contribution is 2.22. The molecule has 0 unspecified atom stereocenters. The predicted octanol–water partition coefficient (Wildman–Crippen LogP) is 3.12. The van der Waals surface area contributed by atoms with Crippen LogP contribution in [0.4, 0.5) is 17.6 Å². The maximum atomic E-state index is 13.8. The zero-order valence-electron chi connectivity index (χ0n) is 12.1. The normalized spacial score (nSPS) is 10.8. The maximum absolute atomic E-state index is 13.8. The van der Waals surface area contributed by atoms with E-state index in [-0.39, 0.29) is 25.8 Å². The van der Waals surface area contributed by atoms with Crippen LogP contribution in [0.2, 0.25) is 0 Å². The summed E-state index contributed by atoms with van der Waals surface area (Å²) in [5.41, 5.74) is -1.29. The van der Waals surface area contributed by atoms with Gasteiger partial charge in [-0.3, -0.25) is 4.79 Å². The van der Waals surface area contributed by atoms with E-state index in [1.54, 1.807) is 12.1 Å². The van der Waals surface area contributed by atoms with Crippen LogP contribution in [0.1, 0.15) is 16.1 Å². The van der Waals surface area contributed by atoms with Crippen molar-refractivity contribution in [2.75, 3.05) is 20.3 Å². The lowest BCUT2D eigenvalue weighted by Gasteiger charge is -2.22. The number of halogens is 4. The number of ether oxygens (including phenoxy) is 1. The molecule has 0 saturated carbocycles. The van der Waals surface area contributed by atoms with Crippen LogP contribution in [-0.4, -0.2) is 31.1 Å². The first-order chi connectivity index (χ1) is 11.0. The van der Waals surface area contributed by atoms with E-state index in [1.165, 1.54) is 13.4 Å². The van der Waals surface area contributed by atoms with Crippen molar-refractivity contribution in [1.29, 1.82) is 0 Å². The third kappa shape index (κ3) is 3.70. The van der Waals surface area contributed by atoms with Crippen LogP contribution in [-0.2, 0) is 11.3 Å². The summed E-state index contributed by atoms with van der Waals surface area (Å²) in [6.45, 7) is -0.118. The first-order valence-electron chi connectivity index (χ1n) is 6.59. The third-order valence-corrected chi connectivity index (χ3v) is 3.11. The Morgan fingerprint density at radius 2 is 1.87 bits per heavy atom. The van der Waals surface area contributed by atoms with Gasteiger partial charge in [-0.05, 0) is 12.1 Å². The maximum Gasteiger partial charge on any atom is 0.260 e. The number of benzene rings is 1. The number of furan rings is 1. The zero-order valence-corrected chi connectivity index (χ0v) is 12.1. The molecule has 2 aromatic rings. The fraction of sp³-hybridized carbons (Fsp3) is 0.267. The molecule has 1 heterocycles. The molecule has 8 heteroatoms. The van der Waals surface area contributed by atoms with Gasteiger partial charge in [-0.1, -0.05) is 0 Å². The summed E-state index contributed by atoms with van der Waals surface area (Å²) in [5, 5.41) is 0. The Morgan fingerprint density at radius 1 is 1.22 bits per heavy atom. The number of methoxy groups -OCH3 is 1. The van der Waals surface area contributed by atoms with E-state index in [2.05, 4.69) is 0 Å². The van der Waals surface area contributed by atoms with Gasteiger partial charge in [-0.15, -0.1) is 0 Å². The molecule has 0 N–H and O–H groups in total. The molecule has 0 saturated heterocycles. The highest BCUT2D eigenvalue weighted by Gasteiger charge is 2.28. The standard InChI is InChI=1S/C15H13F4NO3/c1-22-6-4-20(8-9-3-2-5-23-9)15(21)12-13(18)10(16)7-11(17)14(12)19/h2-3,5,7H,4,6,8H2,1H3. The molecule has 1 aromatic carbocycles. The SMILES string of the molecule is COCCN(Cc1ccco1)C(=O)c1c(F)c(F)cc(F)c1F. The number of amides is 1. The van der Waals surface area contributed by atoms with E-state index in [4.69, 9.17) is 9.15 Å². The minimum Gasteiger partial charge on any atom is -0.467 e. The monoisotopic (exact) mass is 331 g/mol. The zero-order chi connectivity index (χ0) is 17.0. The molecule has 0 aliphatic carbocycles. The molecular formula is C15H13F4NO3. The Hall–Kier alpha value is -2.35. The van der Waals surface area contributed by atoms with Crippen LogP contribution >= 0.6 is 0 Å². The average Bonchev–Trinajstić information content (AvgIpc) is 3.02. The third-order valence-electron chi connectivity index (χ3n) is 3.11. The molecule has 0 bridgehead atoms. The topological polar surface area (TPSA) is 42.7 Å². The summed E-state index contributed by atoms with van der Waals surface area (Å²) in [6.07, 6.45) is 1.36. The van der Waals surface area contributed by atoms with Crippen LogP contribution in [0.5, 0.6) is 0 Å². The molecule has 1 aromatic heterocycles. The van der Waals surface area contributed by atoms with Gasteiger partial charge in [0.1, 0.15) is 11.3 Å². The second-order valence-electron chi connectivity index (χ2n) is 4.64. The van der Waals surface area contributed by atoms with Crippen LogP contribution in [0.15, 0.2) is 28.9 Å². The van der Waals surface area contributed by atoms with Gasteiger partial charge in [0.2, 0.25) is 0 Å². The van der Waals surface area contributed by atoms with Crippen molar-refractivity contribution in [3.8, 4) is 0 Å². The van der Waals surface area contributed by atoms with E-state index in [0.717, 1.165) is 4.90 Å². The van der Waals surface area contributed by atoms with Crippen LogP contribution in [0.25, 0.3) is 0 Å². The molecular weight excluding hydrogens is 318 g/mol. The van der Waals surface area contributed by atoms with E-state index in [0.29, 0.717) is 5.76 Å². The Morgan fingerprint density at radius 3 is 2.39 bits per heavy atom. The fourth-order valence-electron chi connectivity index (χ4n) is 1.96. The molecule has 124 valence electrons. The van der Waals surface area contributed by atoms with Crippen molar-refractivity contribution in [3.63, 3.8) is 0 Å². The van der Waals surface area contributed by atoms with E-state index in [1.807, 2.05) is 0 Å². The second-order valence-corrected chi connectivity index (χ2v) is 4.64. The summed E-state index contributed by atoms with van der Waals surface area (Å²) in [7, 11) is 1.37. The molecule has 0 aliphatic rings. The van der Waals surface area contributed by atoms with E-state index >= 15 is 0 Å². The number of nitrogens with zero attached hydrogens (tertiary/aromatic N) is 1. The number of hydrogen-bond donors (Lipinski definition) is 0. The number of carbonyl (C=O) groups is 1. The van der Waals surface area contributed by atoms with Crippen LogP contribution < -0.4 is 0 Å². The van der Waals surface area contributed by atoms with Crippen LogP contribution in [0, 0.1) is 23.3 Å². The molecule has 23 heavy (non-hydrogen) atoms. The van der Waals surface area contributed by atoms with Gasteiger partial charge in [-0.2, -0.15) is 0 Å². The number of rotatable bonds is 6. The van der Waals surface area contributed by atoms with Crippen molar-refractivity contribution in [1.82, 2.24) is 4.90 Å². The van der Waals surface area contributed by atoms with Gasteiger partial charge in [0, 0.05) is 19.7 Å². The van der Waals surface area contributed by atoms with Gasteiger partial charge in [0.15, 0.2) is 23.3 Å². The first kappa shape index (κ1) is 17.0. The molecule has 0 radical (unpaired) electrons. The molecule has 0 aliphatic heterocycles. The summed E-state index contributed by atoms with van der Waals surface area (Å²) < 4.78 is 64.0. The minimum atomic E-state index is -1.74. The largest absolute Gasteiger partial charge is 0.467 e.